The van der Waals surface area contributed by atoms with E-state index in [1.807, 2.05) is 0 Å². The van der Waals surface area contributed by atoms with E-state index in [-0.39, 0.29) is 23.5 Å². The van der Waals surface area contributed by atoms with E-state index in [1.54, 1.807) is 12.1 Å². The monoisotopic (exact) mass is 284 g/mol. The fourth-order valence-electron chi connectivity index (χ4n) is 1.53. The van der Waals surface area contributed by atoms with Crippen molar-refractivity contribution in [2.75, 3.05) is 19.0 Å². The van der Waals surface area contributed by atoms with Gasteiger partial charge in [-0.15, -0.1) is 0 Å². The molecule has 0 spiro atoms. The van der Waals surface area contributed by atoms with Crippen molar-refractivity contribution in [3.63, 3.8) is 0 Å². The van der Waals surface area contributed by atoms with Crippen molar-refractivity contribution >= 4 is 21.6 Å². The molecule has 0 heterocycles. The summed E-state index contributed by atoms with van der Waals surface area (Å²) < 4.78 is 31.1. The van der Waals surface area contributed by atoms with E-state index in [9.17, 15) is 13.2 Å². The van der Waals surface area contributed by atoms with E-state index >= 15 is 0 Å². The smallest absolute Gasteiger partial charge is 0.250 e. The minimum Gasteiger partial charge on any atom is -0.375 e. The Bertz CT molecular complexity index is 550. The number of sulfonamides is 1. The van der Waals surface area contributed by atoms with Gasteiger partial charge in [0.1, 0.15) is 6.61 Å². The summed E-state index contributed by atoms with van der Waals surface area (Å²) in [6.45, 7) is -0.0384. The molecule has 0 bridgehead atoms. The molecular weight excluding hydrogens is 268 g/mol. The van der Waals surface area contributed by atoms with E-state index in [2.05, 4.69) is 14.8 Å². The van der Waals surface area contributed by atoms with Gasteiger partial charge >= 0.3 is 0 Å². The van der Waals surface area contributed by atoms with Crippen LogP contribution in [-0.2, 0) is 19.6 Å². The molecule has 1 saturated carbocycles. The molecule has 1 fully saturated rings. The summed E-state index contributed by atoms with van der Waals surface area (Å²) in [5, 5.41) is 2.60. The molecule has 0 aromatic heterocycles. The molecule has 0 atom stereocenters. The van der Waals surface area contributed by atoms with E-state index in [1.165, 1.54) is 19.2 Å². The molecular formula is C12H16N2O4S. The first-order valence-electron chi connectivity index (χ1n) is 5.92. The molecule has 104 valence electrons. The summed E-state index contributed by atoms with van der Waals surface area (Å²) in [7, 11) is -2.01. The third-order valence-electron chi connectivity index (χ3n) is 2.62. The van der Waals surface area contributed by atoms with Crippen LogP contribution in [0.5, 0.6) is 0 Å². The number of amides is 1. The van der Waals surface area contributed by atoms with Gasteiger partial charge in [-0.05, 0) is 37.1 Å². The summed E-state index contributed by atoms with van der Waals surface area (Å²) >= 11 is 0. The summed E-state index contributed by atoms with van der Waals surface area (Å²) in [6.07, 6.45) is 1.79. The number of hydrogen-bond donors (Lipinski definition) is 2. The second kappa shape index (κ2) is 5.68. The highest BCUT2D eigenvalue weighted by Gasteiger charge is 2.27. The van der Waals surface area contributed by atoms with Gasteiger partial charge in [-0.3, -0.25) is 4.79 Å². The molecule has 1 aromatic rings. The molecule has 6 nitrogen and oxygen atoms in total. The Morgan fingerprint density at radius 2 is 1.95 bits per heavy atom. The first-order chi connectivity index (χ1) is 9.01. The normalized spacial score (nSPS) is 15.2. The zero-order valence-corrected chi connectivity index (χ0v) is 11.4. The van der Waals surface area contributed by atoms with Gasteiger partial charge < -0.3 is 10.1 Å². The van der Waals surface area contributed by atoms with Crippen LogP contribution in [0.15, 0.2) is 29.2 Å². The van der Waals surface area contributed by atoms with Gasteiger partial charge in [-0.1, -0.05) is 0 Å². The van der Waals surface area contributed by atoms with Crippen molar-refractivity contribution in [3.8, 4) is 0 Å². The Morgan fingerprint density at radius 1 is 1.32 bits per heavy atom. The molecule has 1 aromatic carbocycles. The third-order valence-corrected chi connectivity index (χ3v) is 4.16. The fourth-order valence-corrected chi connectivity index (χ4v) is 2.84. The number of hydrogen-bond acceptors (Lipinski definition) is 4. The topological polar surface area (TPSA) is 84.5 Å². The number of benzene rings is 1. The van der Waals surface area contributed by atoms with Crippen LogP contribution in [0.3, 0.4) is 0 Å². The van der Waals surface area contributed by atoms with E-state index in [0.717, 1.165) is 12.8 Å². The largest absolute Gasteiger partial charge is 0.375 e. The SMILES string of the molecule is COCC(=O)Nc1ccc(S(=O)(=O)NC2CC2)cc1. The maximum atomic E-state index is 11.9. The minimum atomic E-state index is -3.44. The predicted octanol–water partition coefficient (Wildman–Crippen LogP) is 0.712. The van der Waals surface area contributed by atoms with Crippen LogP contribution in [0.4, 0.5) is 5.69 Å². The third kappa shape index (κ3) is 4.02. The van der Waals surface area contributed by atoms with Crippen LogP contribution < -0.4 is 10.0 Å². The molecule has 7 heteroatoms. The maximum absolute atomic E-state index is 11.9. The van der Waals surface area contributed by atoms with Crippen molar-refractivity contribution in [2.45, 2.75) is 23.8 Å². The standard InChI is InChI=1S/C12H16N2O4S/c1-18-8-12(15)13-9-4-6-11(7-5-9)19(16,17)14-10-2-3-10/h4-7,10,14H,2-3,8H2,1H3,(H,13,15). The number of rotatable bonds is 6. The summed E-state index contributed by atoms with van der Waals surface area (Å²) in [5.41, 5.74) is 0.535. The number of anilines is 1. The number of carbonyl (C=O) groups excluding carboxylic acids is 1. The average molecular weight is 284 g/mol. The lowest BCUT2D eigenvalue weighted by Gasteiger charge is -2.07. The van der Waals surface area contributed by atoms with Crippen LogP contribution >= 0.6 is 0 Å². The maximum Gasteiger partial charge on any atom is 0.250 e. The van der Waals surface area contributed by atoms with E-state index < -0.39 is 10.0 Å². The zero-order chi connectivity index (χ0) is 13.9. The quantitative estimate of drug-likeness (QED) is 0.806. The van der Waals surface area contributed by atoms with Crippen molar-refractivity contribution in [1.82, 2.24) is 4.72 Å². The molecule has 2 rings (SSSR count). The van der Waals surface area contributed by atoms with E-state index in [4.69, 9.17) is 0 Å². The van der Waals surface area contributed by atoms with Crippen molar-refractivity contribution < 1.29 is 17.9 Å². The van der Waals surface area contributed by atoms with Crippen molar-refractivity contribution in [1.29, 1.82) is 0 Å². The van der Waals surface area contributed by atoms with Gasteiger partial charge in [0.05, 0.1) is 4.90 Å². The summed E-state index contributed by atoms with van der Waals surface area (Å²) in [6, 6.07) is 6.11. The molecule has 0 aliphatic heterocycles. The predicted molar refractivity (Wildman–Crippen MR) is 70.3 cm³/mol. The van der Waals surface area contributed by atoms with Crippen LogP contribution in [0.25, 0.3) is 0 Å². The number of ether oxygens (including phenoxy) is 1. The van der Waals surface area contributed by atoms with Gasteiger partial charge in [0.15, 0.2) is 0 Å². The Labute approximate surface area is 112 Å². The Kier molecular flexibility index (Phi) is 4.18. The number of methoxy groups -OCH3 is 1. The number of nitrogens with one attached hydrogen (secondary N) is 2. The lowest BCUT2D eigenvalue weighted by atomic mass is 10.3. The average Bonchev–Trinajstić information content (AvgIpc) is 3.13. The summed E-state index contributed by atoms with van der Waals surface area (Å²) in [5.74, 6) is -0.283. The lowest BCUT2D eigenvalue weighted by Crippen LogP contribution is -2.25. The molecule has 0 saturated heterocycles. The Balaban J connectivity index is 2.03. The Hall–Kier alpha value is -1.44. The Morgan fingerprint density at radius 3 is 2.47 bits per heavy atom. The highest BCUT2D eigenvalue weighted by atomic mass is 32.2. The van der Waals surface area contributed by atoms with Gasteiger partial charge in [-0.25, -0.2) is 13.1 Å². The van der Waals surface area contributed by atoms with Crippen molar-refractivity contribution in [2.24, 2.45) is 0 Å². The lowest BCUT2D eigenvalue weighted by molar-refractivity contribution is -0.119. The molecule has 2 N–H and O–H groups in total. The van der Waals surface area contributed by atoms with Crippen LogP contribution in [-0.4, -0.2) is 34.1 Å². The molecule has 19 heavy (non-hydrogen) atoms. The minimum absolute atomic E-state index is 0.0384. The van der Waals surface area contributed by atoms with Crippen LogP contribution in [0.1, 0.15) is 12.8 Å². The fraction of sp³-hybridized carbons (Fsp3) is 0.417. The molecule has 1 aliphatic carbocycles. The van der Waals surface area contributed by atoms with Crippen LogP contribution in [0, 0.1) is 0 Å². The molecule has 0 unspecified atom stereocenters. The first kappa shape index (κ1) is 14.0. The number of carbonyl (C=O) groups is 1. The second-order valence-electron chi connectivity index (χ2n) is 4.40. The van der Waals surface area contributed by atoms with Gasteiger partial charge in [0.2, 0.25) is 15.9 Å². The highest BCUT2D eigenvalue weighted by Crippen LogP contribution is 2.22. The van der Waals surface area contributed by atoms with Gasteiger partial charge in [0, 0.05) is 18.8 Å². The molecule has 1 aliphatic rings. The van der Waals surface area contributed by atoms with Crippen LogP contribution in [0.2, 0.25) is 0 Å². The zero-order valence-electron chi connectivity index (χ0n) is 10.5. The highest BCUT2D eigenvalue weighted by molar-refractivity contribution is 7.89. The summed E-state index contributed by atoms with van der Waals surface area (Å²) in [4.78, 5) is 11.5. The second-order valence-corrected chi connectivity index (χ2v) is 6.12. The van der Waals surface area contributed by atoms with Gasteiger partial charge in [0.25, 0.3) is 0 Å². The first-order valence-corrected chi connectivity index (χ1v) is 7.41. The van der Waals surface area contributed by atoms with Crippen molar-refractivity contribution in [3.05, 3.63) is 24.3 Å². The molecule has 1 amide bonds. The van der Waals surface area contributed by atoms with E-state index in [0.29, 0.717) is 5.69 Å². The molecule has 0 radical (unpaired) electrons. The van der Waals surface area contributed by atoms with Gasteiger partial charge in [-0.2, -0.15) is 0 Å².